The van der Waals surface area contributed by atoms with Crippen LogP contribution in [0.2, 0.25) is 5.15 Å². The van der Waals surface area contributed by atoms with Gasteiger partial charge in [-0.25, -0.2) is 4.98 Å². The van der Waals surface area contributed by atoms with E-state index < -0.39 is 0 Å². The van der Waals surface area contributed by atoms with Crippen molar-refractivity contribution in [3.63, 3.8) is 0 Å². The molecule has 2 aliphatic heterocycles. The van der Waals surface area contributed by atoms with E-state index >= 15 is 0 Å². The number of fused-ring (bicyclic) bond motifs is 1. The fourth-order valence-corrected chi connectivity index (χ4v) is 3.28. The van der Waals surface area contributed by atoms with Crippen molar-refractivity contribution >= 4 is 29.1 Å². The van der Waals surface area contributed by atoms with Gasteiger partial charge >= 0.3 is 0 Å². The third kappa shape index (κ3) is 3.45. The van der Waals surface area contributed by atoms with Gasteiger partial charge in [-0.15, -0.1) is 0 Å². The zero-order chi connectivity index (χ0) is 16.4. The summed E-state index contributed by atoms with van der Waals surface area (Å²) in [4.78, 5) is 11.1. The minimum absolute atomic E-state index is 0.441. The van der Waals surface area contributed by atoms with Gasteiger partial charge in [0.05, 0.1) is 13.2 Å². The molecule has 0 aliphatic carbocycles. The van der Waals surface area contributed by atoms with Gasteiger partial charge in [0.1, 0.15) is 11.0 Å². The minimum atomic E-state index is 0.441. The summed E-state index contributed by atoms with van der Waals surface area (Å²) in [7, 11) is 0. The van der Waals surface area contributed by atoms with Crippen molar-refractivity contribution in [2.75, 3.05) is 43.1 Å². The van der Waals surface area contributed by atoms with E-state index in [2.05, 4.69) is 43.7 Å². The summed E-state index contributed by atoms with van der Waals surface area (Å²) in [5.74, 6) is 1.36. The fraction of sp³-hybridized carbons (Fsp3) is 0.412. The first kappa shape index (κ1) is 15.6. The normalized spacial score (nSPS) is 17.5. The van der Waals surface area contributed by atoms with Gasteiger partial charge in [-0.2, -0.15) is 4.98 Å². The predicted octanol–water partition coefficient (Wildman–Crippen LogP) is 2.36. The Bertz CT molecular complexity index is 733. The van der Waals surface area contributed by atoms with Gasteiger partial charge in [0.2, 0.25) is 5.95 Å². The van der Waals surface area contributed by atoms with Crippen molar-refractivity contribution < 1.29 is 4.74 Å². The number of rotatable bonds is 3. The van der Waals surface area contributed by atoms with Gasteiger partial charge in [0.15, 0.2) is 0 Å². The lowest BCUT2D eigenvalue weighted by atomic mass is 10.0. The molecule has 0 unspecified atom stereocenters. The highest BCUT2D eigenvalue weighted by Gasteiger charge is 2.15. The summed E-state index contributed by atoms with van der Waals surface area (Å²) in [6.45, 7) is 5.01. The Hall–Kier alpha value is -1.89. The van der Waals surface area contributed by atoms with Crippen LogP contribution in [0, 0.1) is 0 Å². The van der Waals surface area contributed by atoms with Gasteiger partial charge < -0.3 is 20.3 Å². The van der Waals surface area contributed by atoms with Gasteiger partial charge in [0, 0.05) is 31.4 Å². The van der Waals surface area contributed by atoms with Crippen LogP contribution in [0.4, 0.5) is 17.5 Å². The van der Waals surface area contributed by atoms with Crippen LogP contribution in [0.1, 0.15) is 11.1 Å². The third-order valence-corrected chi connectivity index (χ3v) is 4.56. The van der Waals surface area contributed by atoms with Gasteiger partial charge in [0.25, 0.3) is 0 Å². The average Bonchev–Trinajstić information content (AvgIpc) is 2.62. The van der Waals surface area contributed by atoms with Crippen LogP contribution < -0.4 is 15.5 Å². The van der Waals surface area contributed by atoms with Crippen LogP contribution in [-0.2, 0) is 17.7 Å². The Balaban J connectivity index is 1.56. The monoisotopic (exact) mass is 345 g/mol. The Kier molecular flexibility index (Phi) is 4.51. The quantitative estimate of drug-likeness (QED) is 0.833. The van der Waals surface area contributed by atoms with Crippen LogP contribution >= 0.6 is 11.6 Å². The molecule has 3 heterocycles. The van der Waals surface area contributed by atoms with E-state index in [9.17, 15) is 0 Å². The predicted molar refractivity (Wildman–Crippen MR) is 95.2 cm³/mol. The Morgan fingerprint density at radius 3 is 2.88 bits per heavy atom. The number of benzene rings is 1. The van der Waals surface area contributed by atoms with Crippen molar-refractivity contribution in [1.82, 2.24) is 15.3 Å². The molecular weight excluding hydrogens is 326 g/mol. The molecule has 6 nitrogen and oxygen atoms in total. The number of hydrogen-bond acceptors (Lipinski definition) is 6. The molecule has 0 radical (unpaired) electrons. The fourth-order valence-electron chi connectivity index (χ4n) is 3.10. The van der Waals surface area contributed by atoms with Crippen molar-refractivity contribution in [2.45, 2.75) is 13.0 Å². The first-order valence-corrected chi connectivity index (χ1v) is 8.62. The van der Waals surface area contributed by atoms with E-state index in [-0.39, 0.29) is 0 Å². The molecule has 0 spiro atoms. The minimum Gasteiger partial charge on any atom is -0.378 e. The molecule has 126 valence electrons. The largest absolute Gasteiger partial charge is 0.378 e. The number of hydrogen-bond donors (Lipinski definition) is 2. The van der Waals surface area contributed by atoms with Crippen LogP contribution in [-0.4, -0.2) is 42.8 Å². The molecule has 7 heteroatoms. The highest BCUT2D eigenvalue weighted by atomic mass is 35.5. The second-order valence-corrected chi connectivity index (χ2v) is 6.39. The molecule has 2 N–H and O–H groups in total. The van der Waals surface area contributed by atoms with E-state index in [1.54, 1.807) is 6.07 Å². The first-order chi connectivity index (χ1) is 11.8. The van der Waals surface area contributed by atoms with Gasteiger partial charge in [-0.1, -0.05) is 17.7 Å². The first-order valence-electron chi connectivity index (χ1n) is 8.25. The Morgan fingerprint density at radius 1 is 1.12 bits per heavy atom. The molecule has 24 heavy (non-hydrogen) atoms. The molecule has 0 atom stereocenters. The molecule has 1 aromatic heterocycles. The van der Waals surface area contributed by atoms with E-state index in [0.717, 1.165) is 44.1 Å². The van der Waals surface area contributed by atoms with Crippen LogP contribution in [0.25, 0.3) is 0 Å². The summed E-state index contributed by atoms with van der Waals surface area (Å²) in [6.07, 6.45) is 1.04. The molecule has 0 amide bonds. The molecule has 0 saturated carbocycles. The standard InChI is InChI=1S/C17H20ClN5O/c18-15-10-16(23-5-7-24-8-6-23)22-17(21-15)20-14-2-1-13-11-19-4-3-12(13)9-14/h1-2,9-10,19H,3-8,11H2,(H,20,21,22). The summed E-state index contributed by atoms with van der Waals surface area (Å²) in [5, 5.41) is 7.11. The number of morpholine rings is 1. The highest BCUT2D eigenvalue weighted by Crippen LogP contribution is 2.24. The summed E-state index contributed by atoms with van der Waals surface area (Å²) >= 11 is 6.19. The molecule has 0 bridgehead atoms. The maximum absolute atomic E-state index is 6.19. The summed E-state index contributed by atoms with van der Waals surface area (Å²) in [6, 6.07) is 8.19. The molecule has 2 aromatic rings. The number of ether oxygens (including phenoxy) is 1. The topological polar surface area (TPSA) is 62.3 Å². The second-order valence-electron chi connectivity index (χ2n) is 6.01. The van der Waals surface area contributed by atoms with Crippen LogP contribution in [0.5, 0.6) is 0 Å². The molecule has 2 aliphatic rings. The Morgan fingerprint density at radius 2 is 2.00 bits per heavy atom. The lowest BCUT2D eigenvalue weighted by Crippen LogP contribution is -2.36. The van der Waals surface area contributed by atoms with Gasteiger partial charge in [-0.05, 0) is 36.2 Å². The van der Waals surface area contributed by atoms with E-state index in [1.165, 1.54) is 11.1 Å². The average molecular weight is 346 g/mol. The molecule has 1 aromatic carbocycles. The van der Waals surface area contributed by atoms with Crippen molar-refractivity contribution in [3.05, 3.63) is 40.5 Å². The molecule has 1 fully saturated rings. The van der Waals surface area contributed by atoms with Crippen molar-refractivity contribution in [1.29, 1.82) is 0 Å². The number of nitrogens with zero attached hydrogens (tertiary/aromatic N) is 3. The van der Waals surface area contributed by atoms with Crippen molar-refractivity contribution in [3.8, 4) is 0 Å². The number of aromatic nitrogens is 2. The van der Waals surface area contributed by atoms with Crippen LogP contribution in [0.15, 0.2) is 24.3 Å². The number of nitrogens with one attached hydrogen (secondary N) is 2. The summed E-state index contributed by atoms with van der Waals surface area (Å²) in [5.41, 5.74) is 3.72. The molecular formula is C17H20ClN5O. The summed E-state index contributed by atoms with van der Waals surface area (Å²) < 4.78 is 5.39. The zero-order valence-corrected chi connectivity index (χ0v) is 14.1. The number of halogens is 1. The van der Waals surface area contributed by atoms with E-state index in [1.807, 2.05) is 0 Å². The maximum atomic E-state index is 6.19. The third-order valence-electron chi connectivity index (χ3n) is 4.37. The SMILES string of the molecule is Clc1cc(N2CCOCC2)nc(Nc2ccc3c(c2)CCNC3)n1. The smallest absolute Gasteiger partial charge is 0.230 e. The van der Waals surface area contributed by atoms with E-state index in [0.29, 0.717) is 24.3 Å². The lowest BCUT2D eigenvalue weighted by molar-refractivity contribution is 0.122. The number of anilines is 3. The Labute approximate surface area is 146 Å². The second kappa shape index (κ2) is 6.93. The molecule has 4 rings (SSSR count). The molecule has 1 saturated heterocycles. The zero-order valence-electron chi connectivity index (χ0n) is 13.4. The lowest BCUT2D eigenvalue weighted by Gasteiger charge is -2.28. The van der Waals surface area contributed by atoms with Gasteiger partial charge in [-0.3, -0.25) is 0 Å². The highest BCUT2D eigenvalue weighted by molar-refractivity contribution is 6.29. The van der Waals surface area contributed by atoms with Crippen LogP contribution in [0.3, 0.4) is 0 Å². The maximum Gasteiger partial charge on any atom is 0.230 e. The van der Waals surface area contributed by atoms with E-state index in [4.69, 9.17) is 16.3 Å². The van der Waals surface area contributed by atoms with Crippen molar-refractivity contribution in [2.24, 2.45) is 0 Å².